The van der Waals surface area contributed by atoms with Gasteiger partial charge in [0.25, 0.3) is 0 Å². The van der Waals surface area contributed by atoms with Gasteiger partial charge >= 0.3 is 6.16 Å². The number of unbranched alkanes of at least 4 members (excludes halogenated alkanes) is 2. The van der Waals surface area contributed by atoms with E-state index < -0.39 is 6.16 Å². The Kier molecular flexibility index (Phi) is 4.66. The minimum Gasteiger partial charge on any atom is -0.427 e. The molecule has 1 saturated heterocycles. The molecule has 0 aromatic carbocycles. The minimum atomic E-state index is -0.539. The lowest BCUT2D eigenvalue weighted by Gasteiger charge is -2.14. The lowest BCUT2D eigenvalue weighted by Crippen LogP contribution is -2.21. The molecule has 0 bridgehead atoms. The Balaban J connectivity index is 2.57. The molecular formula is C12H20O3. The van der Waals surface area contributed by atoms with E-state index in [1.54, 1.807) is 0 Å². The van der Waals surface area contributed by atoms with Crippen LogP contribution >= 0.6 is 0 Å². The molecular weight excluding hydrogens is 192 g/mol. The molecule has 3 nitrogen and oxygen atoms in total. The third kappa shape index (κ3) is 3.26. The topological polar surface area (TPSA) is 35.5 Å². The lowest BCUT2D eigenvalue weighted by molar-refractivity contribution is 0.119. The molecule has 2 atom stereocenters. The predicted molar refractivity (Wildman–Crippen MR) is 58.7 cm³/mol. The Morgan fingerprint density at radius 3 is 2.60 bits per heavy atom. The highest BCUT2D eigenvalue weighted by atomic mass is 16.8. The molecule has 0 saturated carbocycles. The fraction of sp³-hybridized carbons (Fsp3) is 0.750. The van der Waals surface area contributed by atoms with E-state index in [1.807, 2.05) is 6.92 Å². The van der Waals surface area contributed by atoms with Gasteiger partial charge < -0.3 is 9.47 Å². The average Bonchev–Trinajstić information content (AvgIpc) is 2.53. The van der Waals surface area contributed by atoms with Gasteiger partial charge in [-0.3, -0.25) is 0 Å². The van der Waals surface area contributed by atoms with Crippen LogP contribution < -0.4 is 0 Å². The van der Waals surface area contributed by atoms with E-state index in [2.05, 4.69) is 19.9 Å². The van der Waals surface area contributed by atoms with E-state index in [1.165, 1.54) is 18.4 Å². The largest absolute Gasteiger partial charge is 0.509 e. The Morgan fingerprint density at radius 1 is 1.40 bits per heavy atom. The highest BCUT2D eigenvalue weighted by Gasteiger charge is 2.34. The predicted octanol–water partition coefficient (Wildman–Crippen LogP) is 3.44. The van der Waals surface area contributed by atoms with E-state index in [0.717, 1.165) is 12.8 Å². The van der Waals surface area contributed by atoms with E-state index in [9.17, 15) is 4.79 Å². The summed E-state index contributed by atoms with van der Waals surface area (Å²) in [4.78, 5) is 10.9. The molecule has 3 heteroatoms. The molecule has 0 amide bonds. The molecule has 15 heavy (non-hydrogen) atoms. The normalized spacial score (nSPS) is 26.3. The van der Waals surface area contributed by atoms with Gasteiger partial charge in [0, 0.05) is 0 Å². The van der Waals surface area contributed by atoms with Crippen molar-refractivity contribution in [3.63, 3.8) is 0 Å². The second kappa shape index (κ2) is 5.79. The van der Waals surface area contributed by atoms with Crippen molar-refractivity contribution in [3.05, 3.63) is 11.6 Å². The van der Waals surface area contributed by atoms with Crippen molar-refractivity contribution >= 4 is 6.16 Å². The first kappa shape index (κ1) is 12.1. The van der Waals surface area contributed by atoms with Gasteiger partial charge in [0.1, 0.15) is 6.10 Å². The number of cyclic esters (lactones) is 2. The molecule has 1 aliphatic rings. The van der Waals surface area contributed by atoms with Gasteiger partial charge in [-0.2, -0.15) is 0 Å². The van der Waals surface area contributed by atoms with Crippen LogP contribution in [0.15, 0.2) is 11.6 Å². The Labute approximate surface area is 91.4 Å². The molecule has 1 fully saturated rings. The van der Waals surface area contributed by atoms with Gasteiger partial charge in [0.15, 0.2) is 6.10 Å². The summed E-state index contributed by atoms with van der Waals surface area (Å²) in [6.07, 6.45) is 5.67. The summed E-state index contributed by atoms with van der Waals surface area (Å²) < 4.78 is 10.1. The standard InChI is InChI=1S/C12H20O3/c1-4-6-7-8-10(5-2)11-9(3)14-12(13)15-11/h8-9,11H,4-7H2,1-3H3/b10-8-/t9-,11?/m0/s1. The van der Waals surface area contributed by atoms with E-state index in [0.29, 0.717) is 0 Å². The summed E-state index contributed by atoms with van der Waals surface area (Å²) in [7, 11) is 0. The molecule has 1 rings (SSSR count). The van der Waals surface area contributed by atoms with Crippen LogP contribution in [0.4, 0.5) is 4.79 Å². The van der Waals surface area contributed by atoms with Crippen LogP contribution in [0.2, 0.25) is 0 Å². The maximum absolute atomic E-state index is 10.9. The third-order valence-electron chi connectivity index (χ3n) is 2.67. The number of rotatable bonds is 5. The molecule has 0 N–H and O–H groups in total. The Hall–Kier alpha value is -0.990. The highest BCUT2D eigenvalue weighted by molar-refractivity contribution is 5.63. The molecule has 0 aromatic rings. The summed E-state index contributed by atoms with van der Waals surface area (Å²) >= 11 is 0. The summed E-state index contributed by atoms with van der Waals surface area (Å²) in [6, 6.07) is 0. The minimum absolute atomic E-state index is 0.148. The molecule has 0 spiro atoms. The summed E-state index contributed by atoms with van der Waals surface area (Å²) in [6.45, 7) is 6.12. The molecule has 0 aromatic heterocycles. The van der Waals surface area contributed by atoms with Gasteiger partial charge in [0.05, 0.1) is 0 Å². The molecule has 1 heterocycles. The van der Waals surface area contributed by atoms with Gasteiger partial charge in [-0.1, -0.05) is 32.8 Å². The molecule has 0 aliphatic carbocycles. The number of hydrogen-bond donors (Lipinski definition) is 0. The third-order valence-corrected chi connectivity index (χ3v) is 2.67. The Bertz CT molecular complexity index is 245. The lowest BCUT2D eigenvalue weighted by atomic mass is 10.0. The quantitative estimate of drug-likeness (QED) is 0.398. The molecule has 86 valence electrons. The molecule has 1 aliphatic heterocycles. The van der Waals surface area contributed by atoms with Gasteiger partial charge in [-0.05, 0) is 25.3 Å². The first-order valence-electron chi connectivity index (χ1n) is 5.75. The monoisotopic (exact) mass is 212 g/mol. The number of carbonyl (C=O) groups excluding carboxylic acids is 1. The zero-order valence-electron chi connectivity index (χ0n) is 9.79. The first-order valence-corrected chi connectivity index (χ1v) is 5.75. The summed E-state index contributed by atoms with van der Waals surface area (Å²) in [5, 5.41) is 0. The number of hydrogen-bond acceptors (Lipinski definition) is 3. The first-order chi connectivity index (χ1) is 7.19. The van der Waals surface area contributed by atoms with E-state index >= 15 is 0 Å². The maximum atomic E-state index is 10.9. The van der Waals surface area contributed by atoms with E-state index in [-0.39, 0.29) is 12.2 Å². The van der Waals surface area contributed by atoms with Crippen LogP contribution in [0.5, 0.6) is 0 Å². The average molecular weight is 212 g/mol. The second-order valence-corrected chi connectivity index (χ2v) is 3.89. The molecule has 1 unspecified atom stereocenters. The second-order valence-electron chi connectivity index (χ2n) is 3.89. The zero-order valence-corrected chi connectivity index (χ0v) is 9.79. The number of ether oxygens (including phenoxy) is 2. The van der Waals surface area contributed by atoms with Crippen molar-refractivity contribution in [2.75, 3.05) is 0 Å². The smallest absolute Gasteiger partial charge is 0.427 e. The maximum Gasteiger partial charge on any atom is 0.509 e. The highest BCUT2D eigenvalue weighted by Crippen LogP contribution is 2.24. The van der Waals surface area contributed by atoms with Crippen molar-refractivity contribution in [1.29, 1.82) is 0 Å². The van der Waals surface area contributed by atoms with Gasteiger partial charge in [-0.15, -0.1) is 0 Å². The number of carbonyl (C=O) groups is 1. The van der Waals surface area contributed by atoms with Crippen LogP contribution in [0.25, 0.3) is 0 Å². The van der Waals surface area contributed by atoms with E-state index in [4.69, 9.17) is 9.47 Å². The van der Waals surface area contributed by atoms with Crippen LogP contribution in [0.3, 0.4) is 0 Å². The van der Waals surface area contributed by atoms with Crippen molar-refractivity contribution in [3.8, 4) is 0 Å². The van der Waals surface area contributed by atoms with Crippen molar-refractivity contribution in [2.24, 2.45) is 0 Å². The SMILES string of the molecule is CCCC/C=C(/CC)C1OC(=O)O[C@H]1C. The van der Waals surface area contributed by atoms with Gasteiger partial charge in [-0.25, -0.2) is 4.79 Å². The van der Waals surface area contributed by atoms with Crippen molar-refractivity contribution in [2.45, 2.75) is 58.7 Å². The van der Waals surface area contributed by atoms with Crippen LogP contribution in [0.1, 0.15) is 46.5 Å². The van der Waals surface area contributed by atoms with Crippen LogP contribution in [-0.2, 0) is 9.47 Å². The summed E-state index contributed by atoms with van der Waals surface area (Å²) in [5.74, 6) is 0. The zero-order chi connectivity index (χ0) is 11.3. The van der Waals surface area contributed by atoms with Crippen LogP contribution in [-0.4, -0.2) is 18.4 Å². The number of allylic oxidation sites excluding steroid dienone is 1. The summed E-state index contributed by atoms with van der Waals surface area (Å²) in [5.41, 5.74) is 1.18. The Morgan fingerprint density at radius 2 is 2.13 bits per heavy atom. The van der Waals surface area contributed by atoms with Gasteiger partial charge in [0.2, 0.25) is 0 Å². The fourth-order valence-corrected chi connectivity index (χ4v) is 1.77. The fourth-order valence-electron chi connectivity index (χ4n) is 1.77. The molecule has 0 radical (unpaired) electrons. The van der Waals surface area contributed by atoms with Crippen LogP contribution in [0, 0.1) is 0 Å². The van der Waals surface area contributed by atoms with Crippen molar-refractivity contribution < 1.29 is 14.3 Å². The van der Waals surface area contributed by atoms with Crippen molar-refractivity contribution in [1.82, 2.24) is 0 Å².